The van der Waals surface area contributed by atoms with Gasteiger partial charge in [0.05, 0.1) is 0 Å². The summed E-state index contributed by atoms with van der Waals surface area (Å²) in [6.45, 7) is 8.60. The number of carbonyl (C=O) groups is 2. The molecule has 1 rings (SSSR count). The van der Waals surface area contributed by atoms with Gasteiger partial charge in [-0.2, -0.15) is 0 Å². The number of nitrogens with one attached hydrogen (secondary N) is 1. The zero-order valence-corrected chi connectivity index (χ0v) is 15.3. The van der Waals surface area contributed by atoms with Crippen LogP contribution < -0.4 is 10.1 Å². The molecule has 0 saturated heterocycles. The molecule has 0 aromatic heterocycles. The zero-order chi connectivity index (χ0) is 20.1. The molecule has 0 spiro atoms. The summed E-state index contributed by atoms with van der Waals surface area (Å²) in [4.78, 5) is 22.2. The van der Waals surface area contributed by atoms with Crippen LogP contribution in [0.3, 0.4) is 0 Å². The molecule has 1 aromatic rings. The first kappa shape index (κ1) is 22.4. The van der Waals surface area contributed by atoms with Crippen LogP contribution in [0.25, 0.3) is 0 Å². The number of aliphatic hydroxyl groups is 1. The number of hydrogen-bond acceptors (Lipinski definition) is 8. The van der Waals surface area contributed by atoms with Gasteiger partial charge in [-0.15, -0.1) is 0 Å². The van der Waals surface area contributed by atoms with E-state index in [-0.39, 0.29) is 26.4 Å². The normalized spacial score (nSPS) is 12.5. The van der Waals surface area contributed by atoms with Gasteiger partial charge >= 0.3 is 11.9 Å². The number of esters is 2. The van der Waals surface area contributed by atoms with Gasteiger partial charge < -0.3 is 24.1 Å². The molecule has 2 atom stereocenters. The average Bonchev–Trinajstić information content (AvgIpc) is 2.66. The summed E-state index contributed by atoms with van der Waals surface area (Å²) < 4.78 is 20.7. The maximum absolute atomic E-state index is 11.3. The Balaban J connectivity index is 2.48. The second-order valence-electron chi connectivity index (χ2n) is 5.40. The smallest absolute Gasteiger partial charge is 0.330 e. The SMILES string of the molecule is C=CC(=O)OCCNC(O)OC(COC(=O)C=C)COc1cccc(C)c1. The molecule has 0 amide bonds. The lowest BCUT2D eigenvalue weighted by Gasteiger charge is -2.22. The van der Waals surface area contributed by atoms with Gasteiger partial charge in [0.1, 0.15) is 31.7 Å². The summed E-state index contributed by atoms with van der Waals surface area (Å²) in [6, 6.07) is 7.40. The van der Waals surface area contributed by atoms with E-state index in [1.54, 1.807) is 6.07 Å². The predicted molar refractivity (Wildman–Crippen MR) is 97.9 cm³/mol. The van der Waals surface area contributed by atoms with Crippen molar-refractivity contribution in [3.63, 3.8) is 0 Å². The van der Waals surface area contributed by atoms with Gasteiger partial charge in [0.15, 0.2) is 0 Å². The summed E-state index contributed by atoms with van der Waals surface area (Å²) >= 11 is 0. The molecule has 0 fully saturated rings. The van der Waals surface area contributed by atoms with Gasteiger partial charge in [0.2, 0.25) is 6.41 Å². The summed E-state index contributed by atoms with van der Waals surface area (Å²) in [5.41, 5.74) is 1.03. The van der Waals surface area contributed by atoms with Crippen molar-refractivity contribution in [3.05, 3.63) is 55.1 Å². The summed E-state index contributed by atoms with van der Waals surface area (Å²) in [6.07, 6.45) is -0.0469. The standard InChI is InChI=1S/C19H25NO7/c1-4-17(21)24-10-9-20-19(23)27-16(13-26-18(22)5-2)12-25-15-8-6-7-14(3)11-15/h4-8,11,16,19-20,23H,1-2,9-10,12-13H2,3H3. The molecule has 8 heteroatoms. The highest BCUT2D eigenvalue weighted by Gasteiger charge is 2.17. The van der Waals surface area contributed by atoms with Crippen LogP contribution in [-0.4, -0.2) is 55.9 Å². The van der Waals surface area contributed by atoms with Crippen molar-refractivity contribution in [3.8, 4) is 5.75 Å². The van der Waals surface area contributed by atoms with Crippen LogP contribution in [0.15, 0.2) is 49.6 Å². The first-order valence-electron chi connectivity index (χ1n) is 8.29. The van der Waals surface area contributed by atoms with E-state index in [1.165, 1.54) is 0 Å². The Morgan fingerprint density at radius 2 is 1.89 bits per heavy atom. The minimum absolute atomic E-state index is 0.0290. The third-order valence-corrected chi connectivity index (χ3v) is 3.16. The Labute approximate surface area is 158 Å². The van der Waals surface area contributed by atoms with E-state index in [4.69, 9.17) is 18.9 Å². The van der Waals surface area contributed by atoms with Crippen LogP contribution in [0, 0.1) is 6.92 Å². The Bertz CT molecular complexity index is 632. The average molecular weight is 379 g/mol. The van der Waals surface area contributed by atoms with Crippen LogP contribution in [-0.2, 0) is 23.8 Å². The Kier molecular flexibility index (Phi) is 10.5. The van der Waals surface area contributed by atoms with E-state index in [9.17, 15) is 14.7 Å². The highest BCUT2D eigenvalue weighted by molar-refractivity contribution is 5.81. The van der Waals surface area contributed by atoms with Gasteiger partial charge in [-0.3, -0.25) is 5.32 Å². The van der Waals surface area contributed by atoms with Crippen molar-refractivity contribution in [2.75, 3.05) is 26.4 Å². The number of carbonyl (C=O) groups excluding carboxylic acids is 2. The highest BCUT2D eigenvalue weighted by atomic mass is 16.7. The van der Waals surface area contributed by atoms with Crippen LogP contribution in [0.4, 0.5) is 0 Å². The second-order valence-corrected chi connectivity index (χ2v) is 5.40. The maximum atomic E-state index is 11.3. The minimum atomic E-state index is -1.37. The van der Waals surface area contributed by atoms with Crippen molar-refractivity contribution in [1.29, 1.82) is 0 Å². The Morgan fingerprint density at radius 1 is 1.19 bits per heavy atom. The van der Waals surface area contributed by atoms with Gasteiger partial charge in [0.25, 0.3) is 0 Å². The number of benzene rings is 1. The third-order valence-electron chi connectivity index (χ3n) is 3.16. The molecule has 0 radical (unpaired) electrons. The lowest BCUT2D eigenvalue weighted by molar-refractivity contribution is -0.180. The molecular weight excluding hydrogens is 354 g/mol. The lowest BCUT2D eigenvalue weighted by Crippen LogP contribution is -2.40. The van der Waals surface area contributed by atoms with E-state index >= 15 is 0 Å². The molecule has 8 nitrogen and oxygen atoms in total. The molecule has 0 bridgehead atoms. The molecule has 2 unspecified atom stereocenters. The lowest BCUT2D eigenvalue weighted by atomic mass is 10.2. The van der Waals surface area contributed by atoms with Gasteiger partial charge in [-0.05, 0) is 24.6 Å². The third kappa shape index (κ3) is 10.1. The summed E-state index contributed by atoms with van der Waals surface area (Å²) in [7, 11) is 0. The number of aliphatic hydroxyl groups excluding tert-OH is 1. The first-order chi connectivity index (χ1) is 12.9. The summed E-state index contributed by atoms with van der Waals surface area (Å²) in [5, 5.41) is 12.5. The topological polar surface area (TPSA) is 103 Å². The quantitative estimate of drug-likeness (QED) is 0.227. The Morgan fingerprint density at radius 3 is 2.56 bits per heavy atom. The van der Waals surface area contributed by atoms with Crippen molar-refractivity contribution in [2.45, 2.75) is 19.4 Å². The van der Waals surface area contributed by atoms with Gasteiger partial charge in [-0.25, -0.2) is 9.59 Å². The molecule has 27 heavy (non-hydrogen) atoms. The Hall–Kier alpha value is -2.68. The fourth-order valence-corrected chi connectivity index (χ4v) is 1.88. The molecular formula is C19H25NO7. The molecule has 0 saturated carbocycles. The zero-order valence-electron chi connectivity index (χ0n) is 15.3. The fourth-order valence-electron chi connectivity index (χ4n) is 1.88. The minimum Gasteiger partial charge on any atom is -0.491 e. The summed E-state index contributed by atoms with van der Waals surface area (Å²) in [5.74, 6) is -0.552. The fraction of sp³-hybridized carbons (Fsp3) is 0.368. The predicted octanol–water partition coefficient (Wildman–Crippen LogP) is 1.08. The van der Waals surface area contributed by atoms with E-state index in [2.05, 4.69) is 18.5 Å². The number of hydrogen-bond donors (Lipinski definition) is 2. The molecule has 148 valence electrons. The van der Waals surface area contributed by atoms with Crippen molar-refractivity contribution >= 4 is 11.9 Å². The van der Waals surface area contributed by atoms with E-state index in [1.807, 2.05) is 25.1 Å². The van der Waals surface area contributed by atoms with Crippen molar-refractivity contribution in [1.82, 2.24) is 5.32 Å². The molecule has 0 aliphatic carbocycles. The van der Waals surface area contributed by atoms with Crippen molar-refractivity contribution in [2.24, 2.45) is 0 Å². The monoisotopic (exact) mass is 379 g/mol. The van der Waals surface area contributed by atoms with Gasteiger partial charge in [0, 0.05) is 18.7 Å². The molecule has 0 aliphatic heterocycles. The second kappa shape index (κ2) is 12.6. The molecule has 0 aliphatic rings. The van der Waals surface area contributed by atoms with Crippen LogP contribution in [0.5, 0.6) is 5.75 Å². The molecule has 1 aromatic carbocycles. The molecule has 0 heterocycles. The van der Waals surface area contributed by atoms with E-state index in [0.29, 0.717) is 5.75 Å². The largest absolute Gasteiger partial charge is 0.491 e. The van der Waals surface area contributed by atoms with Gasteiger partial charge in [-0.1, -0.05) is 25.3 Å². The van der Waals surface area contributed by atoms with Crippen LogP contribution in [0.2, 0.25) is 0 Å². The number of aryl methyl sites for hydroxylation is 1. The van der Waals surface area contributed by atoms with E-state index in [0.717, 1.165) is 17.7 Å². The van der Waals surface area contributed by atoms with E-state index < -0.39 is 24.5 Å². The molecule has 2 N–H and O–H groups in total. The maximum Gasteiger partial charge on any atom is 0.330 e. The van der Waals surface area contributed by atoms with Crippen LogP contribution >= 0.6 is 0 Å². The number of rotatable bonds is 13. The van der Waals surface area contributed by atoms with Crippen molar-refractivity contribution < 1.29 is 33.6 Å². The number of ether oxygens (including phenoxy) is 4. The highest BCUT2D eigenvalue weighted by Crippen LogP contribution is 2.13. The first-order valence-corrected chi connectivity index (χ1v) is 8.29. The van der Waals surface area contributed by atoms with Crippen LogP contribution in [0.1, 0.15) is 5.56 Å².